The predicted molar refractivity (Wildman–Crippen MR) is 61.4 cm³/mol. The average molecular weight is 592 g/mol. The second-order valence-electron chi connectivity index (χ2n) is 5.77. The van der Waals surface area contributed by atoms with Gasteiger partial charge in [-0.05, 0) is 0 Å². The van der Waals surface area contributed by atoms with E-state index >= 15 is 0 Å². The summed E-state index contributed by atoms with van der Waals surface area (Å²) in [6.45, 7) is 0. The Bertz CT molecular complexity index is 215. The summed E-state index contributed by atoms with van der Waals surface area (Å²) < 4.78 is 9.94. The van der Waals surface area contributed by atoms with Gasteiger partial charge in [0.1, 0.15) is 0 Å². The summed E-state index contributed by atoms with van der Waals surface area (Å²) >= 11 is -1.45. The zero-order valence-corrected chi connectivity index (χ0v) is 21.6. The zero-order chi connectivity index (χ0) is 11.1. The summed E-state index contributed by atoms with van der Waals surface area (Å²) in [6.07, 6.45) is 15.4. The van der Waals surface area contributed by atoms with Crippen molar-refractivity contribution < 1.29 is 49.1 Å². The number of rotatable bonds is 2. The summed E-state index contributed by atoms with van der Waals surface area (Å²) in [6, 6.07) is 0. The molecule has 0 aliphatic heterocycles. The van der Waals surface area contributed by atoms with Crippen molar-refractivity contribution in [3.05, 3.63) is 0 Å². The standard InChI is InChI=1S/2C6H11.C2.2Hg/c2*1-2-4-6-5-3-1;1-2;;/h2*1H,2-6H2;;;. The van der Waals surface area contributed by atoms with Crippen LogP contribution in [0.5, 0.6) is 0 Å². The Labute approximate surface area is 126 Å². The van der Waals surface area contributed by atoms with Gasteiger partial charge in [-0.3, -0.25) is 0 Å². The van der Waals surface area contributed by atoms with Crippen LogP contribution in [0.15, 0.2) is 0 Å². The third-order valence-corrected chi connectivity index (χ3v) is 26.3. The molecule has 0 nitrogen and oxygen atoms in total. The van der Waals surface area contributed by atoms with E-state index in [0.29, 0.717) is 0 Å². The second kappa shape index (κ2) is 8.52. The molecule has 0 unspecified atom stereocenters. The summed E-state index contributed by atoms with van der Waals surface area (Å²) in [5.41, 5.74) is 0. The number of hydrogen-bond donors (Lipinski definition) is 0. The quantitative estimate of drug-likeness (QED) is 0.326. The molecule has 0 radical (unpaired) electrons. The molecule has 2 aliphatic carbocycles. The van der Waals surface area contributed by atoms with E-state index in [1.165, 1.54) is 45.4 Å². The minimum absolute atomic E-state index is 0.724. The van der Waals surface area contributed by atoms with Gasteiger partial charge in [-0.1, -0.05) is 0 Å². The molecule has 2 saturated carbocycles. The molecular weight excluding hydrogens is 569 g/mol. The Morgan fingerprint density at radius 3 is 1.31 bits per heavy atom. The number of hydrogen-bond acceptors (Lipinski definition) is 0. The summed E-state index contributed by atoms with van der Waals surface area (Å²) in [4.78, 5) is 0. The first-order valence-electron chi connectivity index (χ1n) is 7.41. The fourth-order valence-electron chi connectivity index (χ4n) is 3.22. The van der Waals surface area contributed by atoms with Gasteiger partial charge in [0.05, 0.1) is 0 Å². The molecule has 0 atom stereocenters. The van der Waals surface area contributed by atoms with Crippen LogP contribution in [-0.4, -0.2) is 0 Å². The third-order valence-electron chi connectivity index (χ3n) is 4.36. The summed E-state index contributed by atoms with van der Waals surface area (Å²) in [5, 5.41) is 0. The van der Waals surface area contributed by atoms with Crippen LogP contribution in [0.1, 0.15) is 64.2 Å². The first-order chi connectivity index (χ1) is 7.95. The molecule has 0 N–H and O–H groups in total. The van der Waals surface area contributed by atoms with Crippen molar-refractivity contribution in [1.29, 1.82) is 0 Å². The van der Waals surface area contributed by atoms with E-state index in [4.69, 9.17) is 0 Å². The Balaban J connectivity index is 1.61. The van der Waals surface area contributed by atoms with E-state index in [0.717, 1.165) is 0 Å². The van der Waals surface area contributed by atoms with Crippen LogP contribution in [0.2, 0.25) is 6.85 Å². The summed E-state index contributed by atoms with van der Waals surface area (Å²) in [5.74, 6) is 0. The van der Waals surface area contributed by atoms with Gasteiger partial charge in [0.2, 0.25) is 0 Å². The van der Waals surface area contributed by atoms with Gasteiger partial charge in [0.25, 0.3) is 0 Å². The molecule has 16 heavy (non-hydrogen) atoms. The molecule has 0 bridgehead atoms. The third kappa shape index (κ3) is 5.38. The van der Waals surface area contributed by atoms with Crippen molar-refractivity contribution in [2.24, 2.45) is 0 Å². The molecule has 0 aromatic heterocycles. The fraction of sp³-hybridized carbons (Fsp3) is 0.857. The predicted octanol–water partition coefficient (Wildman–Crippen LogP) is 4.58. The van der Waals surface area contributed by atoms with Crippen LogP contribution in [0.4, 0.5) is 0 Å². The molecule has 0 saturated heterocycles. The van der Waals surface area contributed by atoms with Crippen molar-refractivity contribution in [1.82, 2.24) is 0 Å². The van der Waals surface area contributed by atoms with E-state index in [1.54, 1.807) is 25.7 Å². The minimum atomic E-state index is -0.724. The van der Waals surface area contributed by atoms with Crippen LogP contribution in [0.25, 0.3) is 0 Å². The van der Waals surface area contributed by atoms with E-state index in [1.807, 2.05) is 0 Å². The van der Waals surface area contributed by atoms with Crippen LogP contribution in [0, 0.1) is 6.86 Å². The van der Waals surface area contributed by atoms with Gasteiger partial charge in [-0.25, -0.2) is 0 Å². The maximum absolute atomic E-state index is 3.77. The Morgan fingerprint density at radius 1 is 0.562 bits per heavy atom. The molecule has 0 aromatic carbocycles. The van der Waals surface area contributed by atoms with E-state index in [9.17, 15) is 0 Å². The van der Waals surface area contributed by atoms with Crippen molar-refractivity contribution in [2.75, 3.05) is 0 Å². The van der Waals surface area contributed by atoms with Gasteiger partial charge in [-0.2, -0.15) is 0 Å². The van der Waals surface area contributed by atoms with Gasteiger partial charge in [-0.15, -0.1) is 0 Å². The molecule has 2 rings (SSSR count). The molecule has 82 valence electrons. The van der Waals surface area contributed by atoms with Crippen molar-refractivity contribution >= 4 is 0 Å². The Kier molecular flexibility index (Phi) is 7.37. The van der Waals surface area contributed by atoms with E-state index in [-0.39, 0.29) is 0 Å². The molecule has 2 heteroatoms. The second-order valence-corrected chi connectivity index (χ2v) is 20.7. The van der Waals surface area contributed by atoms with Crippen LogP contribution >= 0.6 is 0 Å². The molecule has 2 aliphatic rings. The Morgan fingerprint density at radius 2 is 0.938 bits per heavy atom. The van der Waals surface area contributed by atoms with Gasteiger partial charge < -0.3 is 0 Å². The van der Waals surface area contributed by atoms with Crippen LogP contribution in [0.3, 0.4) is 0 Å². The van der Waals surface area contributed by atoms with E-state index in [2.05, 4.69) is 6.86 Å². The molecule has 0 amide bonds. The van der Waals surface area contributed by atoms with Crippen molar-refractivity contribution in [2.45, 2.75) is 71.1 Å². The first kappa shape index (κ1) is 13.9. The maximum atomic E-state index is 3.77. The van der Waals surface area contributed by atoms with Crippen LogP contribution < -0.4 is 0 Å². The first-order valence-corrected chi connectivity index (χ1v) is 19.3. The van der Waals surface area contributed by atoms with Crippen molar-refractivity contribution in [3.8, 4) is 6.86 Å². The van der Waals surface area contributed by atoms with Crippen LogP contribution in [-0.2, 0) is 49.1 Å². The van der Waals surface area contributed by atoms with Gasteiger partial charge in [0.15, 0.2) is 0 Å². The van der Waals surface area contributed by atoms with Gasteiger partial charge >= 0.3 is 127 Å². The molecule has 0 heterocycles. The van der Waals surface area contributed by atoms with Gasteiger partial charge in [0, 0.05) is 0 Å². The summed E-state index contributed by atoms with van der Waals surface area (Å²) in [7, 11) is 0. The molecular formula is C14H22Hg2. The fourth-order valence-corrected chi connectivity index (χ4v) is 24.1. The molecule has 0 spiro atoms. The zero-order valence-electron chi connectivity index (χ0n) is 10.6. The topological polar surface area (TPSA) is 0 Å². The Hall–Kier alpha value is 1.43. The normalized spacial score (nSPS) is 22.8. The molecule has 0 aromatic rings. The average Bonchev–Trinajstić information content (AvgIpc) is 2.37. The molecule has 2 fully saturated rings. The van der Waals surface area contributed by atoms with Crippen molar-refractivity contribution in [3.63, 3.8) is 0 Å². The monoisotopic (exact) mass is 594 g/mol. The van der Waals surface area contributed by atoms with E-state index < -0.39 is 49.1 Å². The SMILES string of the molecule is [C](#[C][Hg][CH]1CCCCC1)[Hg][CH]1CCCCC1.